The van der Waals surface area contributed by atoms with Gasteiger partial charge in [0.15, 0.2) is 0 Å². The van der Waals surface area contributed by atoms with Crippen molar-refractivity contribution in [3.63, 3.8) is 0 Å². The van der Waals surface area contributed by atoms with Crippen LogP contribution in [0.2, 0.25) is 0 Å². The van der Waals surface area contributed by atoms with Gasteiger partial charge in [-0.1, -0.05) is 0 Å². The molecule has 0 aliphatic carbocycles. The van der Waals surface area contributed by atoms with Crippen LogP contribution in [0.4, 0.5) is 0 Å². The fourth-order valence-electron chi connectivity index (χ4n) is 2.25. The predicted octanol–water partition coefficient (Wildman–Crippen LogP) is -0.966. The molecule has 1 unspecified atom stereocenters. The van der Waals surface area contributed by atoms with Crippen molar-refractivity contribution in [1.29, 1.82) is 0 Å². The Morgan fingerprint density at radius 1 is 1.57 bits per heavy atom. The van der Waals surface area contributed by atoms with Crippen molar-refractivity contribution < 1.29 is 4.79 Å². The summed E-state index contributed by atoms with van der Waals surface area (Å²) in [5, 5.41) is 5.20. The zero-order valence-electron chi connectivity index (χ0n) is 7.79. The van der Waals surface area contributed by atoms with Crippen LogP contribution in [0.1, 0.15) is 6.42 Å². The van der Waals surface area contributed by atoms with E-state index in [0.717, 1.165) is 25.2 Å². The smallest absolute Gasteiger partial charge is 0.294 e. The van der Waals surface area contributed by atoms with Gasteiger partial charge in [0.25, 0.3) is 5.91 Å². The molecular weight excluding hydrogens is 180 g/mol. The number of carbonyl (C=O) groups is 1. The first kappa shape index (κ1) is 8.14. The van der Waals surface area contributed by atoms with E-state index in [-0.39, 0.29) is 5.91 Å². The van der Waals surface area contributed by atoms with Crippen LogP contribution in [0.5, 0.6) is 0 Å². The van der Waals surface area contributed by atoms with E-state index in [1.165, 1.54) is 5.57 Å². The lowest BCUT2D eigenvalue weighted by molar-refractivity contribution is -0.116. The van der Waals surface area contributed by atoms with E-state index >= 15 is 0 Å². The van der Waals surface area contributed by atoms with Gasteiger partial charge < -0.3 is 5.32 Å². The standard InChI is InChI=1S/C9H12N4O/c14-9-8-6-5-10-2-1-7(6)12-13(8)4-3-11-9/h3,7,10,12H,1-2,4-5H2. The molecule has 1 amide bonds. The number of hydrazine groups is 1. The first-order valence-corrected chi connectivity index (χ1v) is 4.90. The zero-order valence-corrected chi connectivity index (χ0v) is 7.79. The van der Waals surface area contributed by atoms with E-state index in [0.29, 0.717) is 12.6 Å². The van der Waals surface area contributed by atoms with Crippen molar-refractivity contribution in [1.82, 2.24) is 15.8 Å². The van der Waals surface area contributed by atoms with Crippen LogP contribution in [0.15, 0.2) is 16.3 Å². The van der Waals surface area contributed by atoms with E-state index in [4.69, 9.17) is 0 Å². The first-order chi connectivity index (χ1) is 6.86. The van der Waals surface area contributed by atoms with Crippen molar-refractivity contribution in [2.45, 2.75) is 12.5 Å². The van der Waals surface area contributed by atoms with Crippen LogP contribution in [-0.4, -0.2) is 42.8 Å². The third-order valence-electron chi connectivity index (χ3n) is 2.91. The lowest BCUT2D eigenvalue weighted by Crippen LogP contribution is -2.43. The van der Waals surface area contributed by atoms with E-state index in [2.05, 4.69) is 15.7 Å². The highest BCUT2D eigenvalue weighted by molar-refractivity contribution is 6.01. The molecule has 2 N–H and O–H groups in total. The van der Waals surface area contributed by atoms with Crippen LogP contribution in [-0.2, 0) is 4.79 Å². The minimum absolute atomic E-state index is 0.107. The molecular formula is C9H12N4O. The number of nitrogens with zero attached hydrogens (tertiary/aromatic N) is 2. The maximum Gasteiger partial charge on any atom is 0.294 e. The van der Waals surface area contributed by atoms with Gasteiger partial charge in [-0.15, -0.1) is 0 Å². The summed E-state index contributed by atoms with van der Waals surface area (Å²) in [6, 6.07) is 0.344. The molecule has 5 nitrogen and oxygen atoms in total. The van der Waals surface area contributed by atoms with Crippen molar-refractivity contribution in [2.24, 2.45) is 4.99 Å². The molecule has 5 heteroatoms. The number of piperidine rings is 1. The highest BCUT2D eigenvalue weighted by Gasteiger charge is 2.36. The van der Waals surface area contributed by atoms with Gasteiger partial charge in [0.2, 0.25) is 0 Å². The van der Waals surface area contributed by atoms with Crippen molar-refractivity contribution in [3.8, 4) is 0 Å². The Morgan fingerprint density at radius 2 is 2.50 bits per heavy atom. The van der Waals surface area contributed by atoms with Gasteiger partial charge >= 0.3 is 0 Å². The van der Waals surface area contributed by atoms with Crippen LogP contribution in [0.3, 0.4) is 0 Å². The molecule has 0 aromatic rings. The van der Waals surface area contributed by atoms with Crippen molar-refractivity contribution in [3.05, 3.63) is 11.3 Å². The molecule has 3 rings (SSSR count). The highest BCUT2D eigenvalue weighted by Crippen LogP contribution is 2.26. The Bertz CT molecular complexity index is 347. The molecule has 1 atom stereocenters. The molecule has 3 aliphatic rings. The van der Waals surface area contributed by atoms with Gasteiger partial charge in [0.1, 0.15) is 5.70 Å². The largest absolute Gasteiger partial charge is 0.313 e. The van der Waals surface area contributed by atoms with Gasteiger partial charge in [0.05, 0.1) is 12.6 Å². The fraction of sp³-hybridized carbons (Fsp3) is 0.556. The molecule has 0 aromatic heterocycles. The fourth-order valence-corrected chi connectivity index (χ4v) is 2.25. The SMILES string of the molecule is O=C1N=CCN2NC3CCNCC3=C12. The maximum absolute atomic E-state index is 11.6. The molecule has 1 saturated heterocycles. The van der Waals surface area contributed by atoms with Gasteiger partial charge in [-0.3, -0.25) is 9.80 Å². The number of amides is 1. The Hall–Kier alpha value is -1.20. The van der Waals surface area contributed by atoms with E-state index < -0.39 is 0 Å². The maximum atomic E-state index is 11.6. The molecule has 3 aliphatic heterocycles. The summed E-state index contributed by atoms with van der Waals surface area (Å²) in [5.74, 6) is -0.107. The number of aliphatic imine (C=N–C) groups is 1. The minimum atomic E-state index is -0.107. The van der Waals surface area contributed by atoms with E-state index in [1.54, 1.807) is 6.21 Å². The Labute approximate surface area is 81.8 Å². The topological polar surface area (TPSA) is 56.7 Å². The number of hydrogen-bond acceptors (Lipinski definition) is 4. The van der Waals surface area contributed by atoms with E-state index in [9.17, 15) is 4.79 Å². The van der Waals surface area contributed by atoms with Gasteiger partial charge in [-0.05, 0) is 18.5 Å². The summed E-state index contributed by atoms with van der Waals surface area (Å²) < 4.78 is 0. The number of nitrogens with one attached hydrogen (secondary N) is 2. The molecule has 0 aromatic carbocycles. The molecule has 1 fully saturated rings. The lowest BCUT2D eigenvalue weighted by atomic mass is 10.00. The van der Waals surface area contributed by atoms with Gasteiger partial charge in [-0.25, -0.2) is 10.4 Å². The molecule has 0 bridgehead atoms. The average molecular weight is 192 g/mol. The summed E-state index contributed by atoms with van der Waals surface area (Å²) in [6.45, 7) is 2.52. The number of hydrogen-bond donors (Lipinski definition) is 2. The first-order valence-electron chi connectivity index (χ1n) is 4.90. The van der Waals surface area contributed by atoms with Gasteiger partial charge in [0, 0.05) is 12.8 Å². The molecule has 14 heavy (non-hydrogen) atoms. The number of rotatable bonds is 0. The number of fused-ring (bicyclic) bond motifs is 2. The van der Waals surface area contributed by atoms with Crippen LogP contribution < -0.4 is 10.7 Å². The summed E-state index contributed by atoms with van der Waals surface area (Å²) in [7, 11) is 0. The summed E-state index contributed by atoms with van der Waals surface area (Å²) in [6.07, 6.45) is 2.70. The van der Waals surface area contributed by atoms with Crippen LogP contribution >= 0.6 is 0 Å². The second-order valence-corrected chi connectivity index (χ2v) is 3.75. The van der Waals surface area contributed by atoms with Crippen LogP contribution in [0, 0.1) is 0 Å². The Morgan fingerprint density at radius 3 is 3.43 bits per heavy atom. The number of carbonyl (C=O) groups excluding carboxylic acids is 1. The molecule has 0 radical (unpaired) electrons. The molecule has 0 spiro atoms. The normalized spacial score (nSPS) is 30.7. The highest BCUT2D eigenvalue weighted by atomic mass is 16.2. The molecule has 0 saturated carbocycles. The summed E-state index contributed by atoms with van der Waals surface area (Å²) in [5.41, 5.74) is 5.28. The minimum Gasteiger partial charge on any atom is -0.313 e. The Balaban J connectivity index is 2.02. The van der Waals surface area contributed by atoms with Crippen molar-refractivity contribution in [2.75, 3.05) is 19.6 Å². The van der Waals surface area contributed by atoms with Gasteiger partial charge in [-0.2, -0.15) is 0 Å². The van der Waals surface area contributed by atoms with E-state index in [1.807, 2.05) is 5.01 Å². The predicted molar refractivity (Wildman–Crippen MR) is 51.6 cm³/mol. The van der Waals surface area contributed by atoms with Crippen LogP contribution in [0.25, 0.3) is 0 Å². The summed E-state index contributed by atoms with van der Waals surface area (Å²) in [4.78, 5) is 15.4. The third kappa shape index (κ3) is 1.03. The average Bonchev–Trinajstić information content (AvgIpc) is 2.57. The quantitative estimate of drug-likeness (QED) is 0.518. The molecule has 3 heterocycles. The monoisotopic (exact) mass is 192 g/mol. The lowest BCUT2D eigenvalue weighted by Gasteiger charge is -2.23. The zero-order chi connectivity index (χ0) is 9.54. The third-order valence-corrected chi connectivity index (χ3v) is 2.91. The second kappa shape index (κ2) is 2.90. The van der Waals surface area contributed by atoms with Crippen molar-refractivity contribution >= 4 is 12.1 Å². The Kier molecular flexibility index (Phi) is 1.68. The second-order valence-electron chi connectivity index (χ2n) is 3.75. The molecule has 74 valence electrons. The summed E-state index contributed by atoms with van der Waals surface area (Å²) >= 11 is 0.